The number of carbonyl (C=O) groups is 1. The second-order valence-corrected chi connectivity index (χ2v) is 6.35. The molecule has 27 heavy (non-hydrogen) atoms. The highest BCUT2D eigenvalue weighted by Crippen LogP contribution is 2.25. The second-order valence-electron chi connectivity index (χ2n) is 6.35. The second kappa shape index (κ2) is 9.03. The number of carbonyl (C=O) groups excluding carboxylic acids is 1. The predicted octanol–water partition coefficient (Wildman–Crippen LogP) is 3.38. The van der Waals surface area contributed by atoms with Gasteiger partial charge in [-0.05, 0) is 31.1 Å². The number of hydrazine groups is 1. The molecular formula is C22H26N4O. The standard InChI is InChI=1S/C22H26N4O/c1-3-25(4-2)20-15-16-26(17-23-20)24-22(27)21(18-11-7-5-8-12-18)19-13-9-6-10-14-19/h5-16,21H,3-4,17H2,1-2H3,(H,24,27). The summed E-state index contributed by atoms with van der Waals surface area (Å²) in [6, 6.07) is 19.7. The van der Waals surface area contributed by atoms with Gasteiger partial charge < -0.3 is 4.90 Å². The number of nitrogens with one attached hydrogen (secondary N) is 1. The number of rotatable bonds is 6. The SMILES string of the molecule is CCN(CC)C1=NCN(NC(=O)C(c2ccccc2)c2ccccc2)C=C1. The molecular weight excluding hydrogens is 336 g/mol. The Balaban J connectivity index is 1.74. The van der Waals surface area contributed by atoms with E-state index in [1.807, 2.05) is 72.9 Å². The van der Waals surface area contributed by atoms with E-state index in [9.17, 15) is 4.79 Å². The summed E-state index contributed by atoms with van der Waals surface area (Å²) in [4.78, 5) is 19.9. The third-order valence-corrected chi connectivity index (χ3v) is 4.66. The minimum absolute atomic E-state index is 0.0708. The smallest absolute Gasteiger partial charge is 0.250 e. The van der Waals surface area contributed by atoms with E-state index in [-0.39, 0.29) is 11.8 Å². The summed E-state index contributed by atoms with van der Waals surface area (Å²) in [7, 11) is 0. The van der Waals surface area contributed by atoms with Crippen LogP contribution in [0, 0.1) is 0 Å². The van der Waals surface area contributed by atoms with Crippen LogP contribution in [0.25, 0.3) is 0 Å². The number of benzene rings is 2. The molecule has 0 saturated heterocycles. The molecule has 1 aliphatic rings. The largest absolute Gasteiger partial charge is 0.357 e. The van der Waals surface area contributed by atoms with Gasteiger partial charge in [0.05, 0.1) is 5.92 Å². The van der Waals surface area contributed by atoms with Crippen LogP contribution in [0.15, 0.2) is 77.9 Å². The molecule has 2 aromatic rings. The molecule has 0 aliphatic carbocycles. The molecule has 0 saturated carbocycles. The van der Waals surface area contributed by atoms with Crippen LogP contribution in [-0.2, 0) is 4.79 Å². The van der Waals surface area contributed by atoms with Gasteiger partial charge >= 0.3 is 0 Å². The number of hydrogen-bond acceptors (Lipinski definition) is 4. The number of nitrogens with zero attached hydrogens (tertiary/aromatic N) is 3. The van der Waals surface area contributed by atoms with Gasteiger partial charge in [-0.3, -0.25) is 15.2 Å². The van der Waals surface area contributed by atoms with Gasteiger partial charge in [-0.15, -0.1) is 0 Å². The minimum Gasteiger partial charge on any atom is -0.357 e. The maximum Gasteiger partial charge on any atom is 0.250 e. The molecule has 1 aliphatic heterocycles. The van der Waals surface area contributed by atoms with Crippen molar-refractivity contribution in [2.75, 3.05) is 19.8 Å². The first kappa shape index (κ1) is 18.7. The van der Waals surface area contributed by atoms with Crippen molar-refractivity contribution >= 4 is 11.7 Å². The molecule has 0 aromatic heterocycles. The van der Waals surface area contributed by atoms with E-state index in [1.165, 1.54) is 0 Å². The molecule has 140 valence electrons. The van der Waals surface area contributed by atoms with Gasteiger partial charge in [0.1, 0.15) is 12.5 Å². The van der Waals surface area contributed by atoms with Crippen LogP contribution in [0.5, 0.6) is 0 Å². The van der Waals surface area contributed by atoms with Crippen LogP contribution in [0.2, 0.25) is 0 Å². The van der Waals surface area contributed by atoms with Gasteiger partial charge in [0.2, 0.25) is 0 Å². The van der Waals surface area contributed by atoms with Crippen molar-refractivity contribution < 1.29 is 4.79 Å². The summed E-state index contributed by atoms with van der Waals surface area (Å²) in [5, 5.41) is 1.73. The van der Waals surface area contributed by atoms with E-state index < -0.39 is 0 Å². The molecule has 0 unspecified atom stereocenters. The summed E-state index contributed by atoms with van der Waals surface area (Å²) in [5.41, 5.74) is 4.93. The molecule has 2 aromatic carbocycles. The summed E-state index contributed by atoms with van der Waals surface area (Å²) < 4.78 is 0. The molecule has 5 nitrogen and oxygen atoms in total. The average molecular weight is 362 g/mol. The lowest BCUT2D eigenvalue weighted by Crippen LogP contribution is -2.44. The van der Waals surface area contributed by atoms with E-state index in [0.717, 1.165) is 30.1 Å². The lowest BCUT2D eigenvalue weighted by atomic mass is 9.91. The summed E-state index contributed by atoms with van der Waals surface area (Å²) >= 11 is 0. The number of amides is 1. The first-order valence-corrected chi connectivity index (χ1v) is 9.37. The summed E-state index contributed by atoms with van der Waals surface area (Å²) in [5.74, 6) is 0.515. The Morgan fingerprint density at radius 3 is 2.04 bits per heavy atom. The monoisotopic (exact) mass is 362 g/mol. The maximum atomic E-state index is 13.1. The first-order chi connectivity index (χ1) is 13.2. The Labute approximate surface area is 161 Å². The lowest BCUT2D eigenvalue weighted by molar-refractivity contribution is -0.125. The predicted molar refractivity (Wildman–Crippen MR) is 109 cm³/mol. The number of likely N-dealkylation sites (N-methyl/N-ethyl adjacent to an activating group) is 1. The Morgan fingerprint density at radius 1 is 1.04 bits per heavy atom. The third kappa shape index (κ3) is 4.56. The van der Waals surface area contributed by atoms with Crippen molar-refractivity contribution in [2.24, 2.45) is 4.99 Å². The fourth-order valence-electron chi connectivity index (χ4n) is 3.22. The molecule has 0 spiro atoms. The highest BCUT2D eigenvalue weighted by molar-refractivity contribution is 5.93. The van der Waals surface area contributed by atoms with E-state index in [0.29, 0.717) is 6.67 Å². The van der Waals surface area contributed by atoms with Gasteiger partial charge in [0.15, 0.2) is 0 Å². The van der Waals surface area contributed by atoms with Crippen LogP contribution in [0.3, 0.4) is 0 Å². The molecule has 1 amide bonds. The Morgan fingerprint density at radius 2 is 1.59 bits per heavy atom. The topological polar surface area (TPSA) is 47.9 Å². The fraction of sp³-hybridized carbons (Fsp3) is 0.273. The van der Waals surface area contributed by atoms with E-state index in [2.05, 4.69) is 29.2 Å². The number of amidine groups is 1. The average Bonchev–Trinajstić information content (AvgIpc) is 2.72. The maximum absolute atomic E-state index is 13.1. The van der Waals surface area contributed by atoms with Crippen LogP contribution in [-0.4, -0.2) is 41.4 Å². The number of hydrogen-bond donors (Lipinski definition) is 1. The molecule has 0 radical (unpaired) electrons. The van der Waals surface area contributed by atoms with Gasteiger partial charge in [0.25, 0.3) is 5.91 Å². The fourth-order valence-corrected chi connectivity index (χ4v) is 3.22. The Bertz CT molecular complexity index is 758. The molecule has 0 atom stereocenters. The van der Waals surface area contributed by atoms with Crippen LogP contribution in [0.1, 0.15) is 30.9 Å². The zero-order valence-corrected chi connectivity index (χ0v) is 15.9. The third-order valence-electron chi connectivity index (χ3n) is 4.66. The quantitative estimate of drug-likeness (QED) is 0.857. The van der Waals surface area contributed by atoms with E-state index in [1.54, 1.807) is 5.01 Å². The van der Waals surface area contributed by atoms with Crippen molar-refractivity contribution in [3.05, 3.63) is 84.1 Å². The van der Waals surface area contributed by atoms with Gasteiger partial charge in [-0.25, -0.2) is 4.99 Å². The normalized spacial score (nSPS) is 13.4. The molecule has 1 heterocycles. The van der Waals surface area contributed by atoms with Crippen molar-refractivity contribution in [1.82, 2.24) is 15.3 Å². The first-order valence-electron chi connectivity index (χ1n) is 9.37. The van der Waals surface area contributed by atoms with Crippen molar-refractivity contribution in [2.45, 2.75) is 19.8 Å². The molecule has 5 heteroatoms. The molecule has 1 N–H and O–H groups in total. The van der Waals surface area contributed by atoms with Crippen LogP contribution in [0.4, 0.5) is 0 Å². The number of aliphatic imine (C=N–C) groups is 1. The van der Waals surface area contributed by atoms with Crippen molar-refractivity contribution in [3.63, 3.8) is 0 Å². The van der Waals surface area contributed by atoms with E-state index >= 15 is 0 Å². The van der Waals surface area contributed by atoms with Gasteiger partial charge in [-0.2, -0.15) is 0 Å². The molecule has 0 bridgehead atoms. The minimum atomic E-state index is -0.367. The van der Waals surface area contributed by atoms with Crippen molar-refractivity contribution in [1.29, 1.82) is 0 Å². The highest BCUT2D eigenvalue weighted by Gasteiger charge is 2.24. The highest BCUT2D eigenvalue weighted by atomic mass is 16.2. The van der Waals surface area contributed by atoms with Crippen LogP contribution < -0.4 is 5.43 Å². The van der Waals surface area contributed by atoms with Gasteiger partial charge in [-0.1, -0.05) is 60.7 Å². The van der Waals surface area contributed by atoms with Crippen LogP contribution >= 0.6 is 0 Å². The van der Waals surface area contributed by atoms with E-state index in [4.69, 9.17) is 0 Å². The summed E-state index contributed by atoms with van der Waals surface area (Å²) in [6.45, 7) is 6.45. The van der Waals surface area contributed by atoms with Gasteiger partial charge in [0, 0.05) is 19.3 Å². The van der Waals surface area contributed by atoms with Crippen molar-refractivity contribution in [3.8, 4) is 0 Å². The lowest BCUT2D eigenvalue weighted by Gasteiger charge is -2.29. The molecule has 3 rings (SSSR count). The molecule has 0 fully saturated rings. The Hall–Kier alpha value is -3.08. The zero-order valence-electron chi connectivity index (χ0n) is 15.9. The zero-order chi connectivity index (χ0) is 19.1. The Kier molecular flexibility index (Phi) is 6.26. The summed E-state index contributed by atoms with van der Waals surface area (Å²) in [6.07, 6.45) is 3.82.